The lowest BCUT2D eigenvalue weighted by molar-refractivity contribution is -0.115. The summed E-state index contributed by atoms with van der Waals surface area (Å²) in [4.78, 5) is 13.0. The fourth-order valence-electron chi connectivity index (χ4n) is 1.65. The maximum atomic E-state index is 11.8. The molecule has 104 valence electrons. The Morgan fingerprint density at radius 2 is 1.75 bits per heavy atom. The highest BCUT2D eigenvalue weighted by Gasteiger charge is 2.03. The Kier molecular flexibility index (Phi) is 5.50. The van der Waals surface area contributed by atoms with Gasteiger partial charge >= 0.3 is 0 Å². The average molecular weight is 306 g/mol. The van der Waals surface area contributed by atoms with Crippen LogP contribution in [-0.4, -0.2) is 11.7 Å². The van der Waals surface area contributed by atoms with E-state index < -0.39 is 0 Å². The molecule has 20 heavy (non-hydrogen) atoms. The first-order valence-electron chi connectivity index (χ1n) is 6.38. The highest BCUT2D eigenvalue weighted by atomic mass is 35.5. The number of aryl methyl sites for hydroxylation is 1. The molecule has 4 heteroatoms. The second kappa shape index (κ2) is 7.36. The summed E-state index contributed by atoms with van der Waals surface area (Å²) in [5.74, 6) is 0.787. The van der Waals surface area contributed by atoms with Crippen molar-refractivity contribution < 1.29 is 4.79 Å². The SMILES string of the molecule is Cc1ccc(SCCC(=O)Nc2ccc(Cl)cc2)cc1. The molecule has 2 nitrogen and oxygen atoms in total. The highest BCUT2D eigenvalue weighted by Crippen LogP contribution is 2.19. The molecule has 1 N–H and O–H groups in total. The summed E-state index contributed by atoms with van der Waals surface area (Å²) < 4.78 is 0. The fraction of sp³-hybridized carbons (Fsp3) is 0.188. The van der Waals surface area contributed by atoms with E-state index in [1.807, 2.05) is 0 Å². The lowest BCUT2D eigenvalue weighted by atomic mass is 10.2. The minimum Gasteiger partial charge on any atom is -0.326 e. The molecule has 0 spiro atoms. The van der Waals surface area contributed by atoms with Gasteiger partial charge in [0.05, 0.1) is 0 Å². The first-order chi connectivity index (χ1) is 9.63. The Labute approximate surface area is 128 Å². The van der Waals surface area contributed by atoms with Gasteiger partial charge in [-0.25, -0.2) is 0 Å². The van der Waals surface area contributed by atoms with Crippen molar-refractivity contribution in [2.45, 2.75) is 18.2 Å². The molecule has 2 rings (SSSR count). The van der Waals surface area contributed by atoms with Crippen LogP contribution in [0.2, 0.25) is 5.02 Å². The summed E-state index contributed by atoms with van der Waals surface area (Å²) in [5.41, 5.74) is 2.02. The van der Waals surface area contributed by atoms with Gasteiger partial charge in [-0.3, -0.25) is 4.79 Å². The molecular weight excluding hydrogens is 290 g/mol. The molecule has 0 aromatic heterocycles. The minimum absolute atomic E-state index is 0.0203. The normalized spacial score (nSPS) is 10.3. The topological polar surface area (TPSA) is 29.1 Å². The van der Waals surface area contributed by atoms with Gasteiger partial charge in [0, 0.05) is 27.8 Å². The van der Waals surface area contributed by atoms with E-state index in [-0.39, 0.29) is 5.91 Å². The van der Waals surface area contributed by atoms with Gasteiger partial charge in [-0.05, 0) is 43.3 Å². The van der Waals surface area contributed by atoms with Crippen LogP contribution in [0.1, 0.15) is 12.0 Å². The van der Waals surface area contributed by atoms with Crippen LogP contribution in [0.3, 0.4) is 0 Å². The fourth-order valence-corrected chi connectivity index (χ4v) is 2.63. The van der Waals surface area contributed by atoms with Crippen LogP contribution in [0.15, 0.2) is 53.4 Å². The van der Waals surface area contributed by atoms with Crippen LogP contribution in [0.4, 0.5) is 5.69 Å². The number of carbonyl (C=O) groups is 1. The molecule has 0 saturated carbocycles. The van der Waals surface area contributed by atoms with Gasteiger partial charge in [0.15, 0.2) is 0 Å². The van der Waals surface area contributed by atoms with Crippen LogP contribution in [-0.2, 0) is 4.79 Å². The molecule has 0 bridgehead atoms. The van der Waals surface area contributed by atoms with Crippen molar-refractivity contribution in [3.63, 3.8) is 0 Å². The summed E-state index contributed by atoms with van der Waals surface area (Å²) in [7, 11) is 0. The van der Waals surface area contributed by atoms with E-state index >= 15 is 0 Å². The quantitative estimate of drug-likeness (QED) is 0.806. The minimum atomic E-state index is 0.0203. The molecule has 0 radical (unpaired) electrons. The van der Waals surface area contributed by atoms with Crippen LogP contribution in [0, 0.1) is 6.92 Å². The first kappa shape index (κ1) is 14.9. The van der Waals surface area contributed by atoms with Crippen LogP contribution < -0.4 is 5.32 Å². The van der Waals surface area contributed by atoms with Crippen molar-refractivity contribution in [3.05, 3.63) is 59.1 Å². The molecule has 0 atom stereocenters. The maximum absolute atomic E-state index is 11.8. The number of nitrogens with one attached hydrogen (secondary N) is 1. The number of anilines is 1. The van der Waals surface area contributed by atoms with Crippen molar-refractivity contribution in [2.24, 2.45) is 0 Å². The highest BCUT2D eigenvalue weighted by molar-refractivity contribution is 7.99. The lowest BCUT2D eigenvalue weighted by Crippen LogP contribution is -2.11. The summed E-state index contributed by atoms with van der Waals surface area (Å²) in [6, 6.07) is 15.4. The first-order valence-corrected chi connectivity index (χ1v) is 7.75. The summed E-state index contributed by atoms with van der Waals surface area (Å²) in [6.45, 7) is 2.06. The van der Waals surface area contributed by atoms with E-state index in [1.54, 1.807) is 36.0 Å². The molecule has 1 amide bonds. The van der Waals surface area contributed by atoms with Gasteiger partial charge in [-0.2, -0.15) is 0 Å². The van der Waals surface area contributed by atoms with E-state index in [4.69, 9.17) is 11.6 Å². The number of rotatable bonds is 5. The van der Waals surface area contributed by atoms with Gasteiger partial charge in [-0.15, -0.1) is 11.8 Å². The molecule has 0 aliphatic rings. The Balaban J connectivity index is 1.75. The molecular formula is C16H16ClNOS. The Hall–Kier alpha value is -1.45. The molecule has 2 aromatic carbocycles. The summed E-state index contributed by atoms with van der Waals surface area (Å²) >= 11 is 7.48. The Morgan fingerprint density at radius 1 is 1.10 bits per heavy atom. The number of amides is 1. The van der Waals surface area contributed by atoms with E-state index in [0.29, 0.717) is 11.4 Å². The predicted molar refractivity (Wildman–Crippen MR) is 86.6 cm³/mol. The van der Waals surface area contributed by atoms with Crippen LogP contribution in [0.25, 0.3) is 0 Å². The van der Waals surface area contributed by atoms with Crippen molar-refractivity contribution >= 4 is 35.0 Å². The molecule has 0 heterocycles. The van der Waals surface area contributed by atoms with Crippen molar-refractivity contribution in [1.82, 2.24) is 0 Å². The molecule has 0 unspecified atom stereocenters. The van der Waals surface area contributed by atoms with Crippen LogP contribution >= 0.6 is 23.4 Å². The van der Waals surface area contributed by atoms with Crippen LogP contribution in [0.5, 0.6) is 0 Å². The van der Waals surface area contributed by atoms with E-state index in [9.17, 15) is 4.79 Å². The van der Waals surface area contributed by atoms with E-state index in [2.05, 4.69) is 36.5 Å². The van der Waals surface area contributed by atoms with E-state index in [1.165, 1.54) is 10.5 Å². The number of halogens is 1. The second-order valence-electron chi connectivity index (χ2n) is 4.47. The predicted octanol–water partition coefficient (Wildman–Crippen LogP) is 4.77. The van der Waals surface area contributed by atoms with Gasteiger partial charge in [0.25, 0.3) is 0 Å². The Morgan fingerprint density at radius 3 is 2.40 bits per heavy atom. The largest absolute Gasteiger partial charge is 0.326 e. The number of thioether (sulfide) groups is 1. The van der Waals surface area contributed by atoms with Crippen molar-refractivity contribution in [1.29, 1.82) is 0 Å². The summed E-state index contributed by atoms with van der Waals surface area (Å²) in [6.07, 6.45) is 0.487. The number of carbonyl (C=O) groups excluding carboxylic acids is 1. The van der Waals surface area contributed by atoms with Gasteiger partial charge in [-0.1, -0.05) is 29.3 Å². The zero-order valence-corrected chi connectivity index (χ0v) is 12.8. The zero-order valence-electron chi connectivity index (χ0n) is 11.2. The molecule has 0 saturated heterocycles. The van der Waals surface area contributed by atoms with Crippen molar-refractivity contribution in [3.8, 4) is 0 Å². The van der Waals surface area contributed by atoms with Gasteiger partial charge < -0.3 is 5.32 Å². The molecule has 0 aliphatic heterocycles. The molecule has 0 aliphatic carbocycles. The monoisotopic (exact) mass is 305 g/mol. The van der Waals surface area contributed by atoms with Crippen molar-refractivity contribution in [2.75, 3.05) is 11.1 Å². The Bertz CT molecular complexity index is 566. The summed E-state index contributed by atoms with van der Waals surface area (Å²) in [5, 5.41) is 3.52. The smallest absolute Gasteiger partial charge is 0.225 e. The number of hydrogen-bond acceptors (Lipinski definition) is 2. The maximum Gasteiger partial charge on any atom is 0.225 e. The van der Waals surface area contributed by atoms with Gasteiger partial charge in [0.1, 0.15) is 0 Å². The third kappa shape index (κ3) is 4.91. The third-order valence-electron chi connectivity index (χ3n) is 2.75. The zero-order chi connectivity index (χ0) is 14.4. The molecule has 2 aromatic rings. The standard InChI is InChI=1S/C16H16ClNOS/c1-12-2-8-15(9-3-12)20-11-10-16(19)18-14-6-4-13(17)5-7-14/h2-9H,10-11H2,1H3,(H,18,19). The second-order valence-corrected chi connectivity index (χ2v) is 6.07. The average Bonchev–Trinajstić information content (AvgIpc) is 2.44. The van der Waals surface area contributed by atoms with E-state index in [0.717, 1.165) is 11.4 Å². The van der Waals surface area contributed by atoms with Gasteiger partial charge in [0.2, 0.25) is 5.91 Å². The number of hydrogen-bond donors (Lipinski definition) is 1. The lowest BCUT2D eigenvalue weighted by Gasteiger charge is -2.05. The molecule has 0 fully saturated rings. The third-order valence-corrected chi connectivity index (χ3v) is 4.01. The number of benzene rings is 2.